The fourth-order valence-corrected chi connectivity index (χ4v) is 16.1. The summed E-state index contributed by atoms with van der Waals surface area (Å²) >= 11 is 56.8. The lowest BCUT2D eigenvalue weighted by atomic mass is 9.81. The van der Waals surface area contributed by atoms with Gasteiger partial charge in [-0.25, -0.2) is 44.4 Å². The van der Waals surface area contributed by atoms with Crippen molar-refractivity contribution in [3.63, 3.8) is 0 Å². The minimum atomic E-state index is -0.645. The number of primary amides is 1. The summed E-state index contributed by atoms with van der Waals surface area (Å²) in [7, 11) is 0. The van der Waals surface area contributed by atoms with Gasteiger partial charge in [-0.2, -0.15) is 25.0 Å². The first-order chi connectivity index (χ1) is 68.5. The van der Waals surface area contributed by atoms with E-state index in [0.717, 1.165) is 76.1 Å². The number of hydrogen-bond acceptors (Lipinski definition) is 30. The second-order valence-corrected chi connectivity index (χ2v) is 36.3. The van der Waals surface area contributed by atoms with Crippen LogP contribution in [0.4, 0.5) is 52.4 Å². The molecule has 145 heavy (non-hydrogen) atoms. The first-order valence-electron chi connectivity index (χ1n) is 43.5. The molecule has 45 nitrogen and oxygen atoms in total. The van der Waals surface area contributed by atoms with Crippen LogP contribution in [0.2, 0.25) is 45.2 Å². The van der Waals surface area contributed by atoms with Gasteiger partial charge in [-0.15, -0.1) is 45.9 Å². The molecule has 16 rings (SSSR count). The van der Waals surface area contributed by atoms with Crippen molar-refractivity contribution in [3.05, 3.63) is 272 Å². The number of H-pyrrole nitrogens is 4. The van der Waals surface area contributed by atoms with Gasteiger partial charge in [0, 0.05) is 63.7 Å². The Morgan fingerprint density at radius 2 is 0.697 bits per heavy atom. The highest BCUT2D eigenvalue weighted by molar-refractivity contribution is 6.40. The summed E-state index contributed by atoms with van der Waals surface area (Å²) < 4.78 is 28.4. The molecule has 0 bridgehead atoms. The van der Waals surface area contributed by atoms with E-state index in [-0.39, 0.29) is 230 Å². The predicted octanol–water partition coefficient (Wildman–Crippen LogP) is 16.7. The van der Waals surface area contributed by atoms with E-state index < -0.39 is 36.1 Å². The summed E-state index contributed by atoms with van der Waals surface area (Å²) in [6.07, 6.45) is 7.89. The van der Waals surface area contributed by atoms with Crippen LogP contribution in [0, 0.1) is 11.3 Å². The number of anilines is 5. The minimum absolute atomic E-state index is 0.0144. The van der Waals surface area contributed by atoms with Gasteiger partial charge in [0.25, 0.3) is 22.2 Å². The van der Waals surface area contributed by atoms with E-state index >= 15 is 0 Å². The van der Waals surface area contributed by atoms with Crippen molar-refractivity contribution in [2.45, 2.75) is 130 Å². The number of hydrogen-bond donors (Lipinski definition) is 16. The van der Waals surface area contributed by atoms with Gasteiger partial charge in [0.1, 0.15) is 0 Å². The molecule has 54 heteroatoms. The van der Waals surface area contributed by atoms with Crippen molar-refractivity contribution in [1.82, 2.24) is 67.4 Å². The van der Waals surface area contributed by atoms with Crippen LogP contribution >= 0.6 is 104 Å². The van der Waals surface area contributed by atoms with Crippen LogP contribution in [0.5, 0.6) is 52.3 Å². The van der Waals surface area contributed by atoms with E-state index in [1.165, 1.54) is 59.6 Å². The lowest BCUT2D eigenvalue weighted by Gasteiger charge is -2.31. The van der Waals surface area contributed by atoms with E-state index in [9.17, 15) is 47.9 Å². The number of amides is 11. The second-order valence-electron chi connectivity index (χ2n) is 32.7. The topological polar surface area (TPSA) is 650 Å². The number of nitrogens with zero attached hydrogens (tertiary/aromatic N) is 14. The number of aromatic amines is 4. The van der Waals surface area contributed by atoms with Crippen LogP contribution in [0.3, 0.4) is 0 Å². The number of rotatable bonds is 24. The fraction of sp³-hybridized carbons (Fsp3) is 0.231. The third kappa shape index (κ3) is 25.2. The van der Waals surface area contributed by atoms with Crippen LogP contribution in [-0.2, 0) is 17.6 Å². The molecule has 2 aliphatic carbocycles. The van der Waals surface area contributed by atoms with Crippen molar-refractivity contribution in [2.24, 2.45) is 65.8 Å². The highest BCUT2D eigenvalue weighted by Crippen LogP contribution is 2.49. The molecule has 1 fully saturated rings. The first-order valence-corrected chi connectivity index (χ1v) is 46.9. The zero-order chi connectivity index (χ0) is 106. The Kier molecular flexibility index (Phi) is 34.6. The SMILES string of the molecule is C=C1NC(=O)N(c2cc(Cl)c(OC(=N)/C=C(\C(N)=O)[C@@H](C)CC)c(Cl)c2)N=C1N.C=C1NC(=O)N(c2cc(Cl)c(Oc3cc(C(C)C)c(=O)[nH]n3)c3c2CC3)N=C1N.C=C1NC(=O)N(c2cc(Cl)c(Oc3cc(C(C)CC)c(=O)[nH]n3)c(Cl)c2)N=C1N.C=C1NC(=O)N(c2cc(Cl)c(Oc3cc(C4CCC4)c(=O)[nH]n3)c(Cl)c2)N=C1N.C=C1NC(=O)N(c2cc(Cl)c(Oc3cc([C@H](C)CC)c(=O)[nH]n3)c(Cl)c2)N=C1N. The summed E-state index contributed by atoms with van der Waals surface area (Å²) in [6, 6.07) is 16.5. The standard InChI is InChI=1S/C19H19ClN6O3.C18H16Cl2N6O3.2C18H18Cl2N6O3.C18H20Cl2N6O3/c1-8(2)12-6-15(23-24-18(12)27)29-16-11-5-4-10(11)14(7-13(16)20)26-19(28)22-9(3)17(21)25-26;1-8-16(21)25-26(18(28)22-8)10-5-12(19)15(13(20)6-10)29-14-7-11(9-3-2-4-9)17(27)24-23-14;2*1-4-8(2)11-7-14(23-24-17(11)27)29-15-12(19)5-10(6-13(15)20)26-18(28)22-9(3)16(21)25-26;1-4-8(2)11(17(23)27)7-14(21)29-15-12(19)5-10(6-13(15)20)26-18(28)24-9(3)16(22)25-26/h6-8H,3-5H2,1-2H3,(H2,21,25)(H,22,28)(H,24,27);5-7,9H,1-4H2,(H2,21,25)(H,22,28)(H,24,27);2*5-8H,3-4H2,1-2H3,(H2,21,25)(H,22,28)(H,24,27);5-8,21H,3-4H2,1-2H3,(H2,22,25)(H2,23,27)(H,24,28)/b;;;;11-7-,21-14?/t;;8-;;8-/m..1.0/s1. The number of carbonyl (C=O) groups is 6. The lowest BCUT2D eigenvalue weighted by molar-refractivity contribution is -0.115. The Bertz CT molecular complexity index is 6840. The number of amidine groups is 5. The number of urea groups is 5. The summed E-state index contributed by atoms with van der Waals surface area (Å²) in [5.74, 6) is 0.841. The monoisotopic (exact) mass is 2160 g/mol. The summed E-state index contributed by atoms with van der Waals surface area (Å²) in [5.41, 5.74) is 39.8. The molecule has 5 aliphatic heterocycles. The Morgan fingerprint density at radius 1 is 0.407 bits per heavy atom. The number of carbonyl (C=O) groups excluding carboxylic acids is 6. The number of aromatic nitrogens is 8. The predicted molar refractivity (Wildman–Crippen MR) is 556 cm³/mol. The molecule has 9 heterocycles. The molecule has 1 saturated carbocycles. The Labute approximate surface area is 868 Å². The fourth-order valence-electron chi connectivity index (χ4n) is 13.7. The zero-order valence-corrected chi connectivity index (χ0v) is 84.7. The summed E-state index contributed by atoms with van der Waals surface area (Å²) in [4.78, 5) is 120. The first kappa shape index (κ1) is 108. The van der Waals surface area contributed by atoms with Gasteiger partial charge >= 0.3 is 30.2 Å². The maximum Gasteiger partial charge on any atom is 0.347 e. The Morgan fingerprint density at radius 3 is 1.00 bits per heavy atom. The molecule has 0 spiro atoms. The molecule has 0 radical (unpaired) electrons. The average molecular weight is 2160 g/mol. The van der Waals surface area contributed by atoms with Crippen molar-refractivity contribution in [1.29, 1.82) is 5.41 Å². The van der Waals surface area contributed by atoms with Crippen LogP contribution in [0.15, 0.2) is 197 Å². The molecular formula is C91H91Cl9N30O15. The van der Waals surface area contributed by atoms with Gasteiger partial charge in [0.15, 0.2) is 57.9 Å². The number of halogens is 9. The number of benzene rings is 5. The number of fused-ring (bicyclic) bond motifs is 1. The van der Waals surface area contributed by atoms with Crippen molar-refractivity contribution in [3.8, 4) is 52.3 Å². The highest BCUT2D eigenvalue weighted by Gasteiger charge is 2.36. The van der Waals surface area contributed by atoms with E-state index in [0.29, 0.717) is 45.1 Å². The molecule has 0 saturated heterocycles. The number of ether oxygens (including phenoxy) is 5. The molecule has 758 valence electrons. The van der Waals surface area contributed by atoms with Crippen LogP contribution < -0.4 is 132 Å². The van der Waals surface area contributed by atoms with Gasteiger partial charge in [-0.05, 0) is 135 Å². The van der Waals surface area contributed by atoms with Crippen molar-refractivity contribution in [2.75, 3.05) is 25.0 Å². The molecule has 9 aromatic rings. The van der Waals surface area contributed by atoms with E-state index in [4.69, 9.17) is 168 Å². The number of nitrogens with two attached hydrogens (primary N) is 6. The molecule has 11 amide bonds. The van der Waals surface area contributed by atoms with Crippen molar-refractivity contribution >= 4 is 204 Å². The zero-order valence-electron chi connectivity index (χ0n) is 77.9. The van der Waals surface area contributed by atoms with E-state index in [1.54, 1.807) is 30.3 Å². The van der Waals surface area contributed by atoms with Crippen LogP contribution in [0.1, 0.15) is 151 Å². The molecule has 22 N–H and O–H groups in total. The van der Waals surface area contributed by atoms with Crippen molar-refractivity contribution < 1.29 is 52.5 Å². The van der Waals surface area contributed by atoms with Crippen LogP contribution in [0.25, 0.3) is 0 Å². The molecule has 4 aromatic heterocycles. The third-order valence-corrected chi connectivity index (χ3v) is 25.0. The van der Waals surface area contributed by atoms with Crippen LogP contribution in [-0.4, -0.2) is 112 Å². The number of hydrazone groups is 5. The summed E-state index contributed by atoms with van der Waals surface area (Å²) in [6.45, 7) is 33.3. The Balaban J connectivity index is 0.000000161. The van der Waals surface area contributed by atoms with E-state index in [1.807, 2.05) is 55.4 Å². The van der Waals surface area contributed by atoms with Gasteiger partial charge in [-0.3, -0.25) is 29.4 Å². The molecule has 3 atom stereocenters. The quantitative estimate of drug-likeness (QED) is 0.0152. The minimum Gasteiger partial charge on any atom is -0.436 e. The van der Waals surface area contributed by atoms with Gasteiger partial charge < -0.3 is 84.7 Å². The third-order valence-electron chi connectivity index (χ3n) is 22.5. The largest absolute Gasteiger partial charge is 0.436 e. The lowest BCUT2D eigenvalue weighted by Crippen LogP contribution is -2.46. The normalized spacial score (nSPS) is 15.6. The maximum absolute atomic E-state index is 12.3. The molecule has 7 aliphatic rings. The second kappa shape index (κ2) is 46.3. The highest BCUT2D eigenvalue weighted by atomic mass is 35.5. The number of nitrogens with one attached hydrogen (secondary N) is 10. The maximum atomic E-state index is 12.3. The van der Waals surface area contributed by atoms with Gasteiger partial charge in [-0.1, -0.05) is 199 Å². The molecule has 1 unspecified atom stereocenters. The van der Waals surface area contributed by atoms with Gasteiger partial charge in [0.05, 0.1) is 102 Å². The average Bonchev–Trinajstić information content (AvgIpc) is 0.749. The van der Waals surface area contributed by atoms with Gasteiger partial charge in [0.2, 0.25) is 35.3 Å². The summed E-state index contributed by atoms with van der Waals surface area (Å²) in [5, 5.41) is 71.8. The molecule has 5 aromatic carbocycles. The Hall–Kier alpha value is -15.5. The van der Waals surface area contributed by atoms with E-state index in [2.05, 4.69) is 126 Å². The smallest absolute Gasteiger partial charge is 0.347 e. The molecular weight excluding hydrogens is 2070 g/mol.